The largest absolute Gasteiger partial charge is 0.478 e. The lowest BCUT2D eigenvalue weighted by atomic mass is 10.0. The van der Waals surface area contributed by atoms with E-state index in [4.69, 9.17) is 0 Å². The number of carbonyl (C=O) groups is 1. The van der Waals surface area contributed by atoms with Crippen LogP contribution in [0.3, 0.4) is 0 Å². The molecule has 5 aromatic rings. The van der Waals surface area contributed by atoms with Crippen LogP contribution >= 0.6 is 0 Å². The quantitative estimate of drug-likeness (QED) is 0.458. The standard InChI is InChI=1S/C24H18FN3O2/c1-27-7-6-16-2-3-17(11-22(16)27)18-4-5-19-13-26-28(23(19)12-18)14-15-8-20(24(29)30)10-21(25)9-15/h2-13H,14H2,1H3,(H,29,30). The lowest BCUT2D eigenvalue weighted by Crippen LogP contribution is -2.05. The number of fused-ring (bicyclic) bond motifs is 2. The zero-order valence-corrected chi connectivity index (χ0v) is 16.2. The summed E-state index contributed by atoms with van der Waals surface area (Å²) >= 11 is 0. The summed E-state index contributed by atoms with van der Waals surface area (Å²) in [5, 5.41) is 15.8. The van der Waals surface area contributed by atoms with Gasteiger partial charge in [0, 0.05) is 24.1 Å². The topological polar surface area (TPSA) is 60.0 Å². The molecule has 0 spiro atoms. The van der Waals surface area contributed by atoms with E-state index in [1.165, 1.54) is 17.5 Å². The van der Waals surface area contributed by atoms with E-state index in [1.54, 1.807) is 10.9 Å². The Labute approximate surface area is 171 Å². The van der Waals surface area contributed by atoms with Gasteiger partial charge in [-0.1, -0.05) is 24.3 Å². The third-order valence-electron chi connectivity index (χ3n) is 5.40. The van der Waals surface area contributed by atoms with Crippen molar-refractivity contribution in [2.24, 2.45) is 7.05 Å². The molecule has 0 saturated heterocycles. The molecule has 3 aromatic carbocycles. The Balaban J connectivity index is 1.56. The van der Waals surface area contributed by atoms with Gasteiger partial charge in [-0.15, -0.1) is 0 Å². The van der Waals surface area contributed by atoms with Crippen LogP contribution in [0.4, 0.5) is 4.39 Å². The first-order chi connectivity index (χ1) is 14.5. The molecular formula is C24H18FN3O2. The molecule has 5 nitrogen and oxygen atoms in total. The number of nitrogens with zero attached hydrogens (tertiary/aromatic N) is 3. The molecule has 0 radical (unpaired) electrons. The fraction of sp³-hybridized carbons (Fsp3) is 0.0833. The second-order valence-corrected chi connectivity index (χ2v) is 7.43. The Kier molecular flexibility index (Phi) is 4.13. The third-order valence-corrected chi connectivity index (χ3v) is 5.40. The van der Waals surface area contributed by atoms with Gasteiger partial charge in [-0.25, -0.2) is 9.18 Å². The van der Waals surface area contributed by atoms with Gasteiger partial charge in [0.1, 0.15) is 5.82 Å². The van der Waals surface area contributed by atoms with Crippen LogP contribution in [0, 0.1) is 5.82 Å². The van der Waals surface area contributed by atoms with Crippen molar-refractivity contribution >= 4 is 27.8 Å². The fourth-order valence-electron chi connectivity index (χ4n) is 3.86. The summed E-state index contributed by atoms with van der Waals surface area (Å²) in [5.74, 6) is -1.72. The lowest BCUT2D eigenvalue weighted by molar-refractivity contribution is 0.0696. The maximum atomic E-state index is 13.9. The minimum atomic E-state index is -1.15. The van der Waals surface area contributed by atoms with E-state index >= 15 is 0 Å². The maximum Gasteiger partial charge on any atom is 0.335 e. The van der Waals surface area contributed by atoms with Crippen molar-refractivity contribution in [1.82, 2.24) is 14.3 Å². The van der Waals surface area contributed by atoms with Gasteiger partial charge in [-0.3, -0.25) is 4.68 Å². The van der Waals surface area contributed by atoms with Crippen molar-refractivity contribution < 1.29 is 14.3 Å². The van der Waals surface area contributed by atoms with Crippen LogP contribution in [-0.2, 0) is 13.6 Å². The van der Waals surface area contributed by atoms with Crippen LogP contribution in [0.2, 0.25) is 0 Å². The molecule has 0 atom stereocenters. The number of aromatic nitrogens is 3. The number of hydrogen-bond donors (Lipinski definition) is 1. The second-order valence-electron chi connectivity index (χ2n) is 7.43. The molecule has 6 heteroatoms. The van der Waals surface area contributed by atoms with E-state index in [-0.39, 0.29) is 12.1 Å². The van der Waals surface area contributed by atoms with Crippen LogP contribution in [0.25, 0.3) is 32.9 Å². The zero-order chi connectivity index (χ0) is 20.8. The number of carboxylic acid groups (broad SMARTS) is 1. The minimum absolute atomic E-state index is 0.0713. The number of carboxylic acids is 1. The van der Waals surface area contributed by atoms with Crippen LogP contribution < -0.4 is 0 Å². The van der Waals surface area contributed by atoms with Gasteiger partial charge in [0.25, 0.3) is 0 Å². The van der Waals surface area contributed by atoms with E-state index in [0.717, 1.165) is 33.6 Å². The van der Waals surface area contributed by atoms with Gasteiger partial charge >= 0.3 is 5.97 Å². The number of hydrogen-bond acceptors (Lipinski definition) is 2. The fourth-order valence-corrected chi connectivity index (χ4v) is 3.86. The predicted octanol–water partition coefficient (Wildman–Crippen LogP) is 5.08. The molecule has 148 valence electrons. The average Bonchev–Trinajstić information content (AvgIpc) is 3.30. The normalized spacial score (nSPS) is 11.4. The molecule has 2 heterocycles. The Hall–Kier alpha value is -3.93. The van der Waals surface area contributed by atoms with Gasteiger partial charge in [0.2, 0.25) is 0 Å². The number of halogens is 1. The molecule has 0 aliphatic heterocycles. The summed E-state index contributed by atoms with van der Waals surface area (Å²) in [6.07, 6.45) is 3.80. The zero-order valence-electron chi connectivity index (χ0n) is 16.2. The predicted molar refractivity (Wildman–Crippen MR) is 114 cm³/mol. The molecule has 5 rings (SSSR count). The Morgan fingerprint density at radius 2 is 1.70 bits per heavy atom. The Morgan fingerprint density at radius 3 is 2.47 bits per heavy atom. The smallest absolute Gasteiger partial charge is 0.335 e. The first kappa shape index (κ1) is 18.1. The first-order valence-electron chi connectivity index (χ1n) is 9.52. The van der Waals surface area contributed by atoms with Crippen molar-refractivity contribution in [1.29, 1.82) is 0 Å². The van der Waals surface area contributed by atoms with E-state index in [2.05, 4.69) is 46.1 Å². The highest BCUT2D eigenvalue weighted by Crippen LogP contribution is 2.28. The van der Waals surface area contributed by atoms with Crippen LogP contribution in [0.1, 0.15) is 15.9 Å². The van der Waals surface area contributed by atoms with E-state index in [0.29, 0.717) is 5.56 Å². The highest BCUT2D eigenvalue weighted by atomic mass is 19.1. The van der Waals surface area contributed by atoms with Gasteiger partial charge < -0.3 is 9.67 Å². The monoisotopic (exact) mass is 399 g/mol. The maximum absolute atomic E-state index is 13.9. The summed E-state index contributed by atoms with van der Waals surface area (Å²) in [4.78, 5) is 11.2. The van der Waals surface area contributed by atoms with Gasteiger partial charge in [0.15, 0.2) is 0 Å². The molecule has 0 aliphatic carbocycles. The van der Waals surface area contributed by atoms with E-state index in [1.807, 2.05) is 19.3 Å². The van der Waals surface area contributed by atoms with Gasteiger partial charge in [-0.05, 0) is 58.5 Å². The molecule has 0 fully saturated rings. The molecule has 0 aliphatic rings. The summed E-state index contributed by atoms with van der Waals surface area (Å²) in [6, 6.07) is 18.4. The highest BCUT2D eigenvalue weighted by Gasteiger charge is 2.11. The molecule has 30 heavy (non-hydrogen) atoms. The minimum Gasteiger partial charge on any atom is -0.478 e. The molecule has 0 unspecified atom stereocenters. The van der Waals surface area contributed by atoms with Crippen LogP contribution in [0.5, 0.6) is 0 Å². The third kappa shape index (κ3) is 3.12. The molecule has 0 bridgehead atoms. The van der Waals surface area contributed by atoms with Crippen molar-refractivity contribution in [3.8, 4) is 11.1 Å². The molecular weight excluding hydrogens is 381 g/mol. The van der Waals surface area contributed by atoms with Crippen molar-refractivity contribution in [3.63, 3.8) is 0 Å². The Bertz CT molecular complexity index is 1430. The highest BCUT2D eigenvalue weighted by molar-refractivity contribution is 5.89. The van der Waals surface area contributed by atoms with Crippen LogP contribution in [0.15, 0.2) is 73.1 Å². The first-order valence-corrected chi connectivity index (χ1v) is 9.52. The van der Waals surface area contributed by atoms with Crippen molar-refractivity contribution in [2.75, 3.05) is 0 Å². The lowest BCUT2D eigenvalue weighted by Gasteiger charge is -2.08. The molecule has 1 N–H and O–H groups in total. The van der Waals surface area contributed by atoms with Crippen molar-refractivity contribution in [3.05, 3.63) is 90.0 Å². The average molecular weight is 399 g/mol. The summed E-state index contributed by atoms with van der Waals surface area (Å²) in [7, 11) is 2.02. The molecule has 0 saturated carbocycles. The summed E-state index contributed by atoms with van der Waals surface area (Å²) in [5.41, 5.74) is 4.68. The van der Waals surface area contributed by atoms with Crippen molar-refractivity contribution in [2.45, 2.75) is 6.54 Å². The van der Waals surface area contributed by atoms with E-state index < -0.39 is 11.8 Å². The Morgan fingerprint density at radius 1 is 0.967 bits per heavy atom. The summed E-state index contributed by atoms with van der Waals surface area (Å²) in [6.45, 7) is 0.280. The second kappa shape index (κ2) is 6.84. The number of benzene rings is 3. The van der Waals surface area contributed by atoms with Gasteiger partial charge in [-0.2, -0.15) is 5.10 Å². The van der Waals surface area contributed by atoms with E-state index in [9.17, 15) is 14.3 Å². The number of rotatable bonds is 4. The molecule has 2 aromatic heterocycles. The van der Waals surface area contributed by atoms with Gasteiger partial charge in [0.05, 0.1) is 23.8 Å². The summed E-state index contributed by atoms with van der Waals surface area (Å²) < 4.78 is 17.7. The van der Waals surface area contributed by atoms with Crippen LogP contribution in [-0.4, -0.2) is 25.4 Å². The number of aromatic carboxylic acids is 1. The SMILES string of the molecule is Cn1ccc2ccc(-c3ccc4cnn(Cc5cc(F)cc(C(=O)O)c5)c4c3)cc21. The molecule has 0 amide bonds. The number of aryl methyl sites for hydroxylation is 1.